The first-order valence-electron chi connectivity index (χ1n) is 21.2. The number of hydrogen-bond donors (Lipinski definition) is 1. The summed E-state index contributed by atoms with van der Waals surface area (Å²) in [5.74, 6) is 0.963. The molecule has 0 radical (unpaired) electrons. The highest BCUT2D eigenvalue weighted by atomic mass is 15.2. The first kappa shape index (κ1) is 40.8. The van der Waals surface area contributed by atoms with Crippen molar-refractivity contribution in [2.24, 2.45) is 0 Å². The minimum atomic E-state index is 0.798. The SMILES string of the molecule is C=C/C=C\C(=C(C)C)N(C1=C(C)CCC=C1)c1ccc(-c2cc(-c3nc(C/C=C\CC)c(CC)n3-c3ccccc3)cc(-c3cccc(C4=CC=CCN4)c3)c2C)cc1. The average molecular weight is 775 g/mol. The number of hydrogen-bond acceptors (Lipinski definition) is 3. The molecule has 0 saturated carbocycles. The maximum atomic E-state index is 5.49. The summed E-state index contributed by atoms with van der Waals surface area (Å²) in [5.41, 5.74) is 19.0. The maximum absolute atomic E-state index is 5.49. The van der Waals surface area contributed by atoms with Crippen LogP contribution in [0.1, 0.15) is 76.4 Å². The standard InChI is InChI=1S/C55H58N4/c1-8-11-14-28-51-52(10-3)59(46-25-15-13-16-26-46)55(57-51)45-37-48(41(7)49(38-45)43-23-21-24-44(36-43)50-27-19-20-35-56-50)42-31-33-47(34-32-42)58(53(39(4)5)29-12-9-2)54-30-18-17-22-40(54)6/h9,11-16,18-21,23-27,29-34,36-38,56H,2,8,10,17,22,28,35H2,1,3-7H3/b14-11-,29-12-. The first-order chi connectivity index (χ1) is 28.8. The lowest BCUT2D eigenvalue weighted by Gasteiger charge is -2.31. The van der Waals surface area contributed by atoms with Crippen LogP contribution in [0.3, 0.4) is 0 Å². The van der Waals surface area contributed by atoms with Gasteiger partial charge in [-0.25, -0.2) is 4.98 Å². The number of allylic oxidation sites excluding steroid dienone is 11. The number of aromatic nitrogens is 2. The molecule has 5 aromatic rings. The van der Waals surface area contributed by atoms with Gasteiger partial charge in [0.25, 0.3) is 0 Å². The van der Waals surface area contributed by atoms with Crippen molar-refractivity contribution in [1.82, 2.24) is 14.9 Å². The fraction of sp³-hybridized carbons (Fsp3) is 0.218. The van der Waals surface area contributed by atoms with E-state index in [0.717, 1.165) is 84.1 Å². The lowest BCUT2D eigenvalue weighted by Crippen LogP contribution is -2.23. The van der Waals surface area contributed by atoms with Gasteiger partial charge in [0.2, 0.25) is 0 Å². The van der Waals surface area contributed by atoms with Gasteiger partial charge in [-0.2, -0.15) is 0 Å². The molecule has 1 aliphatic carbocycles. The molecule has 7 rings (SSSR count). The lowest BCUT2D eigenvalue weighted by atomic mass is 9.89. The summed E-state index contributed by atoms with van der Waals surface area (Å²) in [7, 11) is 0. The molecule has 0 atom stereocenters. The van der Waals surface area contributed by atoms with Crippen LogP contribution < -0.4 is 10.2 Å². The van der Waals surface area contributed by atoms with Gasteiger partial charge in [0.1, 0.15) is 5.82 Å². The maximum Gasteiger partial charge on any atom is 0.145 e. The van der Waals surface area contributed by atoms with E-state index in [2.05, 4.69) is 203 Å². The van der Waals surface area contributed by atoms with Crippen LogP contribution in [0, 0.1) is 6.92 Å². The molecule has 0 spiro atoms. The summed E-state index contributed by atoms with van der Waals surface area (Å²) in [4.78, 5) is 7.90. The number of benzene rings is 4. The molecule has 2 heterocycles. The second-order valence-corrected chi connectivity index (χ2v) is 15.6. The van der Waals surface area contributed by atoms with E-state index in [1.807, 2.05) is 12.2 Å². The Balaban J connectivity index is 1.44. The van der Waals surface area contributed by atoms with Crippen molar-refractivity contribution in [3.8, 4) is 39.3 Å². The van der Waals surface area contributed by atoms with Crippen LogP contribution in [-0.4, -0.2) is 16.1 Å². The molecule has 0 unspecified atom stereocenters. The minimum Gasteiger partial charge on any atom is -0.381 e. The Morgan fingerprint density at radius 3 is 2.29 bits per heavy atom. The number of nitrogens with zero attached hydrogens (tertiary/aromatic N) is 3. The van der Waals surface area contributed by atoms with Gasteiger partial charge in [-0.15, -0.1) is 0 Å². The van der Waals surface area contributed by atoms with Gasteiger partial charge in [-0.1, -0.05) is 117 Å². The molecule has 0 fully saturated rings. The highest BCUT2D eigenvalue weighted by Crippen LogP contribution is 2.40. The molecule has 59 heavy (non-hydrogen) atoms. The van der Waals surface area contributed by atoms with Crippen molar-refractivity contribution in [2.75, 3.05) is 11.4 Å². The second-order valence-electron chi connectivity index (χ2n) is 15.6. The number of rotatable bonds is 14. The molecule has 298 valence electrons. The van der Waals surface area contributed by atoms with Crippen molar-refractivity contribution in [1.29, 1.82) is 0 Å². The van der Waals surface area contributed by atoms with Gasteiger partial charge < -0.3 is 10.2 Å². The third-order valence-corrected chi connectivity index (χ3v) is 11.3. The third-order valence-electron chi connectivity index (χ3n) is 11.3. The molecule has 4 heteroatoms. The number of dihydropyridines is 1. The Kier molecular flexibility index (Phi) is 13.1. The second kappa shape index (κ2) is 18.9. The summed E-state index contributed by atoms with van der Waals surface area (Å²) in [6.07, 6.45) is 26.4. The fourth-order valence-corrected chi connectivity index (χ4v) is 8.24. The van der Waals surface area contributed by atoms with E-state index >= 15 is 0 Å². The van der Waals surface area contributed by atoms with Crippen LogP contribution in [-0.2, 0) is 12.8 Å². The first-order valence-corrected chi connectivity index (χ1v) is 21.2. The largest absolute Gasteiger partial charge is 0.381 e. The van der Waals surface area contributed by atoms with Gasteiger partial charge in [0.15, 0.2) is 0 Å². The van der Waals surface area contributed by atoms with Crippen LogP contribution in [0.15, 0.2) is 181 Å². The van der Waals surface area contributed by atoms with Crippen LogP contribution in [0.2, 0.25) is 0 Å². The zero-order valence-corrected chi connectivity index (χ0v) is 35.7. The zero-order chi connectivity index (χ0) is 41.3. The molecule has 0 bridgehead atoms. The van der Waals surface area contributed by atoms with E-state index in [4.69, 9.17) is 4.98 Å². The smallest absolute Gasteiger partial charge is 0.145 e. The van der Waals surface area contributed by atoms with E-state index in [9.17, 15) is 0 Å². The van der Waals surface area contributed by atoms with Crippen molar-refractivity contribution in [2.45, 2.75) is 73.6 Å². The normalized spacial score (nSPS) is 13.9. The zero-order valence-electron chi connectivity index (χ0n) is 35.7. The molecule has 1 N–H and O–H groups in total. The molecule has 1 aliphatic heterocycles. The van der Waals surface area contributed by atoms with Crippen LogP contribution in [0.25, 0.3) is 45.0 Å². The van der Waals surface area contributed by atoms with E-state index < -0.39 is 0 Å². The van der Waals surface area contributed by atoms with Crippen LogP contribution >= 0.6 is 0 Å². The van der Waals surface area contributed by atoms with Gasteiger partial charge in [0, 0.05) is 52.7 Å². The van der Waals surface area contributed by atoms with E-state index in [0.29, 0.717) is 0 Å². The summed E-state index contributed by atoms with van der Waals surface area (Å²) >= 11 is 0. The number of para-hydroxylation sites is 1. The molecule has 2 aliphatic rings. The van der Waals surface area contributed by atoms with Crippen molar-refractivity contribution >= 4 is 11.4 Å². The number of nitrogens with one attached hydrogen (secondary N) is 1. The topological polar surface area (TPSA) is 33.1 Å². The summed E-state index contributed by atoms with van der Waals surface area (Å²) in [5, 5.41) is 3.56. The highest BCUT2D eigenvalue weighted by Gasteiger charge is 2.23. The summed E-state index contributed by atoms with van der Waals surface area (Å²) < 4.78 is 2.39. The fourth-order valence-electron chi connectivity index (χ4n) is 8.24. The van der Waals surface area contributed by atoms with E-state index in [1.165, 1.54) is 50.4 Å². The Morgan fingerprint density at radius 1 is 0.847 bits per heavy atom. The molecular weight excluding hydrogens is 717 g/mol. The minimum absolute atomic E-state index is 0.798. The predicted molar refractivity (Wildman–Crippen MR) is 254 cm³/mol. The van der Waals surface area contributed by atoms with Crippen molar-refractivity contribution in [3.63, 3.8) is 0 Å². The predicted octanol–water partition coefficient (Wildman–Crippen LogP) is 14.2. The van der Waals surface area contributed by atoms with Crippen LogP contribution in [0.5, 0.6) is 0 Å². The van der Waals surface area contributed by atoms with Gasteiger partial charge in [0.05, 0.1) is 5.69 Å². The Morgan fingerprint density at radius 2 is 1.61 bits per heavy atom. The van der Waals surface area contributed by atoms with Gasteiger partial charge in [-0.05, 0) is 153 Å². The average Bonchev–Trinajstić information content (AvgIpc) is 3.65. The Labute approximate surface area is 352 Å². The molecular formula is C55H58N4. The van der Waals surface area contributed by atoms with Gasteiger partial charge >= 0.3 is 0 Å². The van der Waals surface area contributed by atoms with E-state index in [-0.39, 0.29) is 0 Å². The lowest BCUT2D eigenvalue weighted by molar-refractivity contribution is 0.912. The summed E-state index contributed by atoms with van der Waals surface area (Å²) in [6, 6.07) is 33.5. The van der Waals surface area contributed by atoms with E-state index in [1.54, 1.807) is 0 Å². The quantitative estimate of drug-likeness (QED) is 0.0901. The van der Waals surface area contributed by atoms with Gasteiger partial charge in [-0.3, -0.25) is 4.57 Å². The molecule has 1 aromatic heterocycles. The Hall–Kier alpha value is -6.39. The molecule has 0 amide bonds. The summed E-state index contributed by atoms with van der Waals surface area (Å²) in [6.45, 7) is 18.1. The highest BCUT2D eigenvalue weighted by molar-refractivity contribution is 5.86. The monoisotopic (exact) mass is 774 g/mol. The molecule has 0 saturated heterocycles. The van der Waals surface area contributed by atoms with Crippen molar-refractivity contribution < 1.29 is 0 Å². The number of anilines is 1. The molecule has 4 nitrogen and oxygen atoms in total. The Bertz CT molecular complexity index is 2530. The van der Waals surface area contributed by atoms with Crippen LogP contribution in [0.4, 0.5) is 5.69 Å². The third kappa shape index (κ3) is 8.88. The number of imidazole rings is 1. The molecule has 4 aromatic carbocycles. The van der Waals surface area contributed by atoms with Crippen molar-refractivity contribution in [3.05, 3.63) is 203 Å².